The minimum absolute atomic E-state index is 0.0192. The van der Waals surface area contributed by atoms with Crippen LogP contribution in [-0.2, 0) is 31.0 Å². The van der Waals surface area contributed by atoms with E-state index in [1.807, 2.05) is 0 Å². The number of para-hydroxylation sites is 1. The van der Waals surface area contributed by atoms with Crippen molar-refractivity contribution in [3.8, 4) is 6.07 Å². The molecule has 2 aliphatic heterocycles. The van der Waals surface area contributed by atoms with Gasteiger partial charge in [-0.1, -0.05) is 51.1 Å². The lowest BCUT2D eigenvalue weighted by Gasteiger charge is -2.38. The Morgan fingerprint density at radius 3 is 2.44 bits per heavy atom. The summed E-state index contributed by atoms with van der Waals surface area (Å²) in [5.41, 5.74) is -0.972. The largest absolute Gasteiger partial charge is 0.471 e. The van der Waals surface area contributed by atoms with Crippen LogP contribution < -0.4 is 10.6 Å². The van der Waals surface area contributed by atoms with Crippen molar-refractivity contribution in [2.75, 3.05) is 18.9 Å². The van der Waals surface area contributed by atoms with E-state index in [4.69, 9.17) is 0 Å². The van der Waals surface area contributed by atoms with Crippen LogP contribution in [0.2, 0.25) is 0 Å². The molecule has 4 rings (SSSR count). The number of nitrogens with one attached hydrogen (secondary N) is 2. The van der Waals surface area contributed by atoms with E-state index in [9.17, 15) is 42.0 Å². The number of carbonyl (C=O) groups is 4. The second-order valence-electron chi connectivity index (χ2n) is 12.0. The Bertz CT molecular complexity index is 1500. The lowest BCUT2D eigenvalue weighted by atomic mass is 9.80. The van der Waals surface area contributed by atoms with E-state index in [1.165, 1.54) is 50.9 Å². The number of hydrogen-bond acceptors (Lipinski definition) is 5. The van der Waals surface area contributed by atoms with Gasteiger partial charge in [0.2, 0.25) is 17.7 Å². The molecule has 0 radical (unpaired) electrons. The van der Waals surface area contributed by atoms with Crippen molar-refractivity contribution in [3.05, 3.63) is 65.5 Å². The van der Waals surface area contributed by atoms with Gasteiger partial charge in [0.05, 0.1) is 11.5 Å². The van der Waals surface area contributed by atoms with E-state index >= 15 is 0 Å². The molecule has 0 aromatic heterocycles. The normalized spacial score (nSPS) is 21.0. The number of carbonyl (C=O) groups excluding carboxylic acids is 4. The van der Waals surface area contributed by atoms with Gasteiger partial charge in [0, 0.05) is 32.1 Å². The van der Waals surface area contributed by atoms with E-state index in [-0.39, 0.29) is 19.4 Å². The molecule has 0 aliphatic carbocycles. The fraction of sp³-hybridized carbons (Fsp3) is 0.433. The first kappa shape index (κ1) is 31.5. The number of nitrogens with zero attached hydrogens (tertiary/aromatic N) is 3. The van der Waals surface area contributed by atoms with Gasteiger partial charge in [-0.25, -0.2) is 4.39 Å². The Morgan fingerprint density at radius 2 is 1.84 bits per heavy atom. The van der Waals surface area contributed by atoms with Crippen molar-refractivity contribution in [3.63, 3.8) is 0 Å². The predicted molar refractivity (Wildman–Crippen MR) is 147 cm³/mol. The topological polar surface area (TPSA) is 123 Å². The molecule has 2 heterocycles. The second-order valence-corrected chi connectivity index (χ2v) is 12.0. The van der Waals surface area contributed by atoms with E-state index in [0.717, 1.165) is 11.0 Å². The number of rotatable bonds is 6. The van der Waals surface area contributed by atoms with Crippen molar-refractivity contribution in [1.29, 1.82) is 5.26 Å². The molecule has 2 aromatic rings. The summed E-state index contributed by atoms with van der Waals surface area (Å²) in [6, 6.07) is 10.0. The maximum absolute atomic E-state index is 14.3. The minimum atomic E-state index is -5.26. The Balaban J connectivity index is 1.72. The zero-order valence-electron chi connectivity index (χ0n) is 24.0. The molecule has 1 spiro atoms. The molecule has 13 heteroatoms. The third kappa shape index (κ3) is 6.04. The molecule has 2 aromatic carbocycles. The number of likely N-dealkylation sites (N-methyl/N-ethyl adjacent to an activating group) is 1. The fourth-order valence-electron chi connectivity index (χ4n) is 5.67. The number of amides is 4. The van der Waals surface area contributed by atoms with Crippen LogP contribution >= 0.6 is 0 Å². The maximum atomic E-state index is 14.3. The quantitative estimate of drug-likeness (QED) is 0.492. The number of nitriles is 1. The van der Waals surface area contributed by atoms with Gasteiger partial charge >= 0.3 is 12.1 Å². The summed E-state index contributed by atoms with van der Waals surface area (Å²) in [4.78, 5) is 55.2. The van der Waals surface area contributed by atoms with Crippen molar-refractivity contribution in [1.82, 2.24) is 15.1 Å². The average molecular weight is 602 g/mol. The average Bonchev–Trinajstić information content (AvgIpc) is 3.45. The fourth-order valence-corrected chi connectivity index (χ4v) is 5.67. The van der Waals surface area contributed by atoms with Gasteiger partial charge in [-0.05, 0) is 34.7 Å². The number of likely N-dealkylation sites (tertiary alicyclic amines) is 1. The second kappa shape index (κ2) is 11.3. The zero-order chi connectivity index (χ0) is 31.9. The summed E-state index contributed by atoms with van der Waals surface area (Å²) in [6.45, 7) is 4.17. The highest BCUT2D eigenvalue weighted by Gasteiger charge is 2.57. The summed E-state index contributed by atoms with van der Waals surface area (Å²) >= 11 is 0. The number of halogens is 4. The predicted octanol–water partition coefficient (Wildman–Crippen LogP) is 3.30. The summed E-state index contributed by atoms with van der Waals surface area (Å²) in [5, 5.41) is 14.6. The molecule has 2 aliphatic rings. The van der Waals surface area contributed by atoms with Crippen LogP contribution in [0.1, 0.15) is 38.3 Å². The molecule has 0 unspecified atom stereocenters. The molecule has 1 saturated heterocycles. The highest BCUT2D eigenvalue weighted by Crippen LogP contribution is 2.46. The zero-order valence-corrected chi connectivity index (χ0v) is 24.0. The minimum Gasteiger partial charge on any atom is -0.336 e. The van der Waals surface area contributed by atoms with Crippen molar-refractivity contribution < 1.29 is 36.7 Å². The first-order valence-electron chi connectivity index (χ1n) is 13.5. The molecule has 9 nitrogen and oxygen atoms in total. The van der Waals surface area contributed by atoms with Gasteiger partial charge in [-0.3, -0.25) is 19.2 Å². The van der Waals surface area contributed by atoms with Gasteiger partial charge in [0.15, 0.2) is 0 Å². The van der Waals surface area contributed by atoms with Crippen LogP contribution in [0.15, 0.2) is 48.5 Å². The van der Waals surface area contributed by atoms with Gasteiger partial charge < -0.3 is 20.4 Å². The van der Waals surface area contributed by atoms with E-state index in [0.29, 0.717) is 16.8 Å². The van der Waals surface area contributed by atoms with Gasteiger partial charge in [0.25, 0.3) is 0 Å². The summed E-state index contributed by atoms with van der Waals surface area (Å²) < 4.78 is 53.5. The number of hydrogen-bond donors (Lipinski definition) is 2. The van der Waals surface area contributed by atoms with Crippen LogP contribution in [0.25, 0.3) is 0 Å². The molecule has 4 atom stereocenters. The van der Waals surface area contributed by atoms with Gasteiger partial charge in [0.1, 0.15) is 23.9 Å². The van der Waals surface area contributed by atoms with Crippen LogP contribution in [0.3, 0.4) is 0 Å². The van der Waals surface area contributed by atoms with Crippen molar-refractivity contribution >= 4 is 29.3 Å². The highest BCUT2D eigenvalue weighted by atomic mass is 19.4. The number of benzene rings is 2. The third-order valence-corrected chi connectivity index (χ3v) is 7.98. The molecule has 0 saturated carbocycles. The Morgan fingerprint density at radius 1 is 1.16 bits per heavy atom. The summed E-state index contributed by atoms with van der Waals surface area (Å²) in [7, 11) is 1.20. The lowest BCUT2D eigenvalue weighted by molar-refractivity contribution is -0.176. The molecular formula is C30H31F4N5O4. The van der Waals surface area contributed by atoms with Crippen molar-refractivity contribution in [2.24, 2.45) is 5.41 Å². The molecule has 2 N–H and O–H groups in total. The van der Waals surface area contributed by atoms with Gasteiger partial charge in [-0.15, -0.1) is 0 Å². The van der Waals surface area contributed by atoms with Crippen molar-refractivity contribution in [2.45, 2.75) is 63.3 Å². The summed E-state index contributed by atoms with van der Waals surface area (Å²) in [5.74, 6) is -5.07. The Kier molecular flexibility index (Phi) is 8.28. The van der Waals surface area contributed by atoms with Crippen LogP contribution in [0, 0.1) is 22.6 Å². The van der Waals surface area contributed by atoms with E-state index in [2.05, 4.69) is 11.4 Å². The third-order valence-electron chi connectivity index (χ3n) is 7.98. The Hall–Kier alpha value is -4.47. The first-order valence-corrected chi connectivity index (χ1v) is 13.5. The maximum Gasteiger partial charge on any atom is 0.471 e. The van der Waals surface area contributed by atoms with E-state index < -0.39 is 64.6 Å². The van der Waals surface area contributed by atoms with Crippen LogP contribution in [-0.4, -0.2) is 71.3 Å². The number of alkyl halides is 3. The molecule has 228 valence electrons. The number of fused-ring (bicyclic) bond motifs is 2. The molecule has 4 amide bonds. The molecule has 0 bridgehead atoms. The SMILES string of the molecule is CN(C(=O)[C@@H](NC(=O)C(F)(F)F)C(C)(C)C)[C@@H](Cc1cccc(F)c1)C(=O)N1C[C@]2(C[C@H]1C#N)C(=O)Nc1ccccc12. The Labute approximate surface area is 245 Å². The van der Waals surface area contributed by atoms with Crippen LogP contribution in [0.4, 0.5) is 23.2 Å². The smallest absolute Gasteiger partial charge is 0.336 e. The standard InChI is InChI=1S/C30H31F4N5O4/c1-28(2,3)23(37-27(43)30(32,33)34)25(41)38(4)22(13-17-8-7-9-18(31)12-17)24(40)39-16-29(14-19(39)15-35)20-10-5-6-11-21(20)36-26(29)42/h5-12,19,22-23H,13-14,16H2,1-4H3,(H,36,42)(H,37,43)/t19-,22-,23+,29-/m0/s1. The van der Waals surface area contributed by atoms with Gasteiger partial charge in [-0.2, -0.15) is 18.4 Å². The number of anilines is 1. The van der Waals surface area contributed by atoms with Crippen LogP contribution in [0.5, 0.6) is 0 Å². The lowest BCUT2D eigenvalue weighted by Crippen LogP contribution is -2.60. The molecular weight excluding hydrogens is 570 g/mol. The monoisotopic (exact) mass is 601 g/mol. The molecule has 1 fully saturated rings. The summed E-state index contributed by atoms with van der Waals surface area (Å²) in [6.07, 6.45) is -5.54. The molecule has 43 heavy (non-hydrogen) atoms. The van der Waals surface area contributed by atoms with E-state index in [1.54, 1.807) is 29.6 Å². The first-order chi connectivity index (χ1) is 20.0. The highest BCUT2D eigenvalue weighted by molar-refractivity contribution is 6.07.